The van der Waals surface area contributed by atoms with Crippen molar-refractivity contribution in [1.29, 1.82) is 5.26 Å². The van der Waals surface area contributed by atoms with Gasteiger partial charge in [-0.25, -0.2) is 0 Å². The van der Waals surface area contributed by atoms with Crippen LogP contribution < -0.4 is 19.5 Å². The summed E-state index contributed by atoms with van der Waals surface area (Å²) in [6.45, 7) is 3.86. The van der Waals surface area contributed by atoms with Crippen molar-refractivity contribution in [2.75, 3.05) is 6.61 Å². The monoisotopic (exact) mass is 794 g/mol. The van der Waals surface area contributed by atoms with Gasteiger partial charge < -0.3 is 19.5 Å². The number of hydrogen-bond donors (Lipinski definition) is 1. The lowest BCUT2D eigenvalue weighted by atomic mass is 9.92. The molecule has 10 heteroatoms. The van der Waals surface area contributed by atoms with E-state index in [2.05, 4.69) is 51.6 Å². The van der Waals surface area contributed by atoms with Crippen LogP contribution in [-0.4, -0.2) is 34.5 Å². The fourth-order valence-electron chi connectivity index (χ4n) is 7.38. The zero-order chi connectivity index (χ0) is 39.3. The molecule has 0 saturated carbocycles. The third-order valence-corrected chi connectivity index (χ3v) is 11.2. The number of rotatable bonds is 11. The Bertz CT molecular complexity index is 2400. The SMILES string of the molecule is C[C@H](Cc1ccc(-c2ccc(C#N)cc2)cc1)NC(=O)[C@@H]1Cc2cc3c(cc2CN1Cc1ccccn1)OC(c1ccc(OCc2ccc(Cl)c(Cl)c2)cc1)CO3. The fraction of sp³-hybridized carbons (Fsp3) is 0.213. The van der Waals surface area contributed by atoms with Crippen molar-refractivity contribution < 1.29 is 19.0 Å². The van der Waals surface area contributed by atoms with Crippen molar-refractivity contribution in [1.82, 2.24) is 15.2 Å². The van der Waals surface area contributed by atoms with E-state index >= 15 is 0 Å². The number of fused-ring (bicyclic) bond motifs is 2. The summed E-state index contributed by atoms with van der Waals surface area (Å²) in [5.41, 5.74) is 8.88. The van der Waals surface area contributed by atoms with Crippen LogP contribution in [-0.2, 0) is 37.3 Å². The molecular weight excluding hydrogens is 755 g/mol. The maximum absolute atomic E-state index is 14.1. The van der Waals surface area contributed by atoms with E-state index in [1.165, 1.54) is 0 Å². The molecule has 1 unspecified atom stereocenters. The molecule has 286 valence electrons. The van der Waals surface area contributed by atoms with Crippen LogP contribution in [0.5, 0.6) is 17.2 Å². The number of ether oxygens (including phenoxy) is 3. The molecule has 1 N–H and O–H groups in total. The van der Waals surface area contributed by atoms with Crippen LogP contribution >= 0.6 is 23.2 Å². The number of aromatic nitrogens is 1. The van der Waals surface area contributed by atoms with Crippen molar-refractivity contribution in [2.24, 2.45) is 0 Å². The Kier molecular flexibility index (Phi) is 11.4. The highest BCUT2D eigenvalue weighted by Crippen LogP contribution is 2.41. The van der Waals surface area contributed by atoms with Crippen molar-refractivity contribution in [3.63, 3.8) is 0 Å². The zero-order valence-electron chi connectivity index (χ0n) is 31.3. The van der Waals surface area contributed by atoms with Crippen LogP contribution in [0.2, 0.25) is 10.0 Å². The third kappa shape index (κ3) is 9.08. The van der Waals surface area contributed by atoms with Crippen molar-refractivity contribution >= 4 is 29.1 Å². The second-order valence-electron chi connectivity index (χ2n) is 14.5. The summed E-state index contributed by atoms with van der Waals surface area (Å²) < 4.78 is 18.8. The van der Waals surface area contributed by atoms with Crippen molar-refractivity contribution in [2.45, 2.75) is 57.6 Å². The molecule has 8 rings (SSSR count). The molecule has 0 saturated heterocycles. The predicted octanol–water partition coefficient (Wildman–Crippen LogP) is 9.69. The smallest absolute Gasteiger partial charge is 0.237 e. The first-order valence-corrected chi connectivity index (χ1v) is 19.7. The summed E-state index contributed by atoms with van der Waals surface area (Å²) in [7, 11) is 0. The summed E-state index contributed by atoms with van der Waals surface area (Å²) in [5, 5.41) is 13.4. The van der Waals surface area contributed by atoms with E-state index in [9.17, 15) is 4.79 Å². The van der Waals surface area contributed by atoms with Crippen LogP contribution in [0.1, 0.15) is 52.1 Å². The lowest BCUT2D eigenvalue weighted by Crippen LogP contribution is -2.52. The summed E-state index contributed by atoms with van der Waals surface area (Å²) in [5.74, 6) is 2.08. The van der Waals surface area contributed by atoms with Crippen molar-refractivity contribution in [3.8, 4) is 34.4 Å². The van der Waals surface area contributed by atoms with Crippen LogP contribution in [0, 0.1) is 11.3 Å². The van der Waals surface area contributed by atoms with Crippen LogP contribution in [0.4, 0.5) is 0 Å². The van der Waals surface area contributed by atoms with Gasteiger partial charge in [0.2, 0.25) is 5.91 Å². The first kappa shape index (κ1) is 38.0. The molecule has 0 radical (unpaired) electrons. The standard InChI is InChI=1S/C47H40Cl2N4O4/c1-30(20-31-5-10-34(11-6-31)35-12-7-32(25-50)8-13-35)52-47(54)43-22-37-23-44-45(24-38(37)26-53(43)27-39-4-2-3-19-51-39)57-46(29-56-44)36-14-16-40(17-15-36)55-28-33-9-18-41(48)42(49)21-33/h2-19,21,23-24,30,43,46H,20,22,26-29H2,1H3,(H,52,54)/t30-,43+,46?/m1/s1. The Morgan fingerprint density at radius 1 is 0.895 bits per heavy atom. The molecular formula is C47H40Cl2N4O4. The average Bonchev–Trinajstić information content (AvgIpc) is 3.24. The molecule has 2 aliphatic heterocycles. The van der Waals surface area contributed by atoms with E-state index in [1.54, 1.807) is 18.3 Å². The van der Waals surface area contributed by atoms with Gasteiger partial charge in [0, 0.05) is 25.3 Å². The lowest BCUT2D eigenvalue weighted by molar-refractivity contribution is -0.128. The fourth-order valence-corrected chi connectivity index (χ4v) is 7.70. The van der Waals surface area contributed by atoms with E-state index in [0.717, 1.165) is 50.4 Å². The van der Waals surface area contributed by atoms with Gasteiger partial charge in [-0.05, 0) is 119 Å². The molecule has 2 aliphatic rings. The second kappa shape index (κ2) is 17.1. The summed E-state index contributed by atoms with van der Waals surface area (Å²) >= 11 is 12.2. The molecule has 3 atom stereocenters. The maximum Gasteiger partial charge on any atom is 0.237 e. The number of amides is 1. The number of carbonyl (C=O) groups is 1. The molecule has 0 fully saturated rings. The zero-order valence-corrected chi connectivity index (χ0v) is 32.8. The van der Waals surface area contributed by atoms with Crippen molar-refractivity contribution in [3.05, 3.63) is 177 Å². The van der Waals surface area contributed by atoms with E-state index in [1.807, 2.05) is 85.8 Å². The molecule has 0 spiro atoms. The summed E-state index contributed by atoms with van der Waals surface area (Å²) in [6, 6.07) is 40.9. The highest BCUT2D eigenvalue weighted by atomic mass is 35.5. The van der Waals surface area contributed by atoms with E-state index < -0.39 is 6.04 Å². The number of hydrogen-bond acceptors (Lipinski definition) is 7. The highest BCUT2D eigenvalue weighted by Gasteiger charge is 2.34. The van der Waals surface area contributed by atoms with Crippen LogP contribution in [0.3, 0.4) is 0 Å². The predicted molar refractivity (Wildman–Crippen MR) is 221 cm³/mol. The number of halogens is 2. The molecule has 1 aromatic heterocycles. The average molecular weight is 796 g/mol. The molecule has 3 heterocycles. The maximum atomic E-state index is 14.1. The Balaban J connectivity index is 0.930. The molecule has 8 nitrogen and oxygen atoms in total. The Morgan fingerprint density at radius 3 is 2.35 bits per heavy atom. The summed E-state index contributed by atoms with van der Waals surface area (Å²) in [4.78, 5) is 20.9. The minimum absolute atomic E-state index is 0.0161. The van der Waals surface area contributed by atoms with Gasteiger partial charge in [0.1, 0.15) is 19.0 Å². The molecule has 6 aromatic rings. The number of carbonyl (C=O) groups excluding carboxylic acids is 1. The number of nitrogens with one attached hydrogen (secondary N) is 1. The summed E-state index contributed by atoms with van der Waals surface area (Å²) in [6.07, 6.45) is 2.72. The minimum atomic E-state index is -0.395. The lowest BCUT2D eigenvalue weighted by Gasteiger charge is -2.37. The van der Waals surface area contributed by atoms with E-state index in [0.29, 0.717) is 66.3 Å². The topological polar surface area (TPSA) is 96.7 Å². The highest BCUT2D eigenvalue weighted by molar-refractivity contribution is 6.42. The van der Waals surface area contributed by atoms with Gasteiger partial charge in [-0.2, -0.15) is 5.26 Å². The quantitative estimate of drug-likeness (QED) is 0.140. The molecule has 0 aliphatic carbocycles. The van der Waals surface area contributed by atoms with E-state index in [-0.39, 0.29) is 18.1 Å². The molecule has 57 heavy (non-hydrogen) atoms. The first-order valence-electron chi connectivity index (χ1n) is 18.9. The van der Waals surface area contributed by atoms with Gasteiger partial charge >= 0.3 is 0 Å². The molecule has 1 amide bonds. The minimum Gasteiger partial charge on any atom is -0.489 e. The van der Waals surface area contributed by atoms with Gasteiger partial charge in [-0.3, -0.25) is 14.7 Å². The molecule has 5 aromatic carbocycles. The number of pyridine rings is 1. The van der Waals surface area contributed by atoms with Gasteiger partial charge in [0.05, 0.1) is 33.4 Å². The Morgan fingerprint density at radius 2 is 1.63 bits per heavy atom. The number of nitriles is 1. The van der Waals surface area contributed by atoms with Gasteiger partial charge in [-0.15, -0.1) is 0 Å². The largest absolute Gasteiger partial charge is 0.489 e. The van der Waals surface area contributed by atoms with E-state index in [4.69, 9.17) is 42.7 Å². The van der Waals surface area contributed by atoms with Crippen LogP contribution in [0.15, 0.2) is 128 Å². The third-order valence-electron chi connectivity index (χ3n) is 10.4. The van der Waals surface area contributed by atoms with Crippen LogP contribution in [0.25, 0.3) is 11.1 Å². The Labute approximate surface area is 342 Å². The molecule has 0 bridgehead atoms. The number of nitrogens with zero attached hydrogens (tertiary/aromatic N) is 3. The van der Waals surface area contributed by atoms with Gasteiger partial charge in [0.15, 0.2) is 17.6 Å². The Hall–Kier alpha value is -5.85. The first-order chi connectivity index (χ1) is 27.8. The van der Waals surface area contributed by atoms with Gasteiger partial charge in [0.25, 0.3) is 0 Å². The second-order valence-corrected chi connectivity index (χ2v) is 15.4. The van der Waals surface area contributed by atoms with Gasteiger partial charge in [-0.1, -0.05) is 83.9 Å². The normalized spacial score (nSPS) is 16.5. The number of benzene rings is 5.